The lowest BCUT2D eigenvalue weighted by atomic mass is 10.2. The number of nitrogens with one attached hydrogen (secondary N) is 2. The maximum absolute atomic E-state index is 12.8. The van der Waals surface area contributed by atoms with E-state index in [0.717, 1.165) is 4.47 Å². The lowest BCUT2D eigenvalue weighted by molar-refractivity contribution is 0.0954. The Hall–Kier alpha value is -1.77. The molecule has 0 aliphatic carbocycles. The van der Waals surface area contributed by atoms with E-state index in [9.17, 15) is 17.6 Å². The van der Waals surface area contributed by atoms with Crippen LogP contribution in [0.25, 0.3) is 0 Å². The predicted molar refractivity (Wildman–Crippen MR) is 88.1 cm³/mol. The molecule has 0 saturated heterocycles. The molecule has 2 aromatic carbocycles. The summed E-state index contributed by atoms with van der Waals surface area (Å²) in [4.78, 5) is 11.9. The summed E-state index contributed by atoms with van der Waals surface area (Å²) in [6, 6.07) is 11.3. The molecule has 0 aromatic heterocycles. The molecule has 0 bridgehead atoms. The maximum Gasteiger partial charge on any atom is 0.251 e. The van der Waals surface area contributed by atoms with Gasteiger partial charge in [-0.2, -0.15) is 0 Å². The van der Waals surface area contributed by atoms with E-state index in [-0.39, 0.29) is 18.0 Å². The zero-order valence-corrected chi connectivity index (χ0v) is 14.3. The van der Waals surface area contributed by atoms with Crippen molar-refractivity contribution in [2.75, 3.05) is 13.1 Å². The fourth-order valence-corrected chi connectivity index (χ4v) is 3.06. The van der Waals surface area contributed by atoms with Gasteiger partial charge in [-0.25, -0.2) is 17.5 Å². The number of benzene rings is 2. The second kappa shape index (κ2) is 7.67. The highest BCUT2D eigenvalue weighted by atomic mass is 79.9. The minimum atomic E-state index is -3.62. The highest BCUT2D eigenvalue weighted by Gasteiger charge is 2.13. The van der Waals surface area contributed by atoms with Crippen molar-refractivity contribution in [2.45, 2.75) is 4.90 Å². The van der Waals surface area contributed by atoms with Crippen LogP contribution in [0, 0.1) is 5.82 Å². The van der Waals surface area contributed by atoms with Crippen molar-refractivity contribution in [3.05, 3.63) is 64.4 Å². The molecule has 2 aromatic rings. The van der Waals surface area contributed by atoms with Crippen molar-refractivity contribution in [3.63, 3.8) is 0 Å². The van der Waals surface area contributed by atoms with E-state index in [2.05, 4.69) is 26.0 Å². The van der Waals surface area contributed by atoms with Gasteiger partial charge in [-0.3, -0.25) is 4.79 Å². The Morgan fingerprint density at radius 1 is 1.00 bits per heavy atom. The summed E-state index contributed by atoms with van der Waals surface area (Å²) in [6.45, 7) is 0.164. The summed E-state index contributed by atoms with van der Waals surface area (Å²) in [7, 11) is -3.62. The second-order valence-electron chi connectivity index (χ2n) is 4.61. The predicted octanol–water partition coefficient (Wildman–Crippen LogP) is 2.30. The maximum atomic E-state index is 12.8. The van der Waals surface area contributed by atoms with Crippen molar-refractivity contribution in [1.82, 2.24) is 10.0 Å². The van der Waals surface area contributed by atoms with E-state index in [0.29, 0.717) is 5.56 Å². The van der Waals surface area contributed by atoms with E-state index >= 15 is 0 Å². The van der Waals surface area contributed by atoms with E-state index in [1.165, 1.54) is 36.4 Å². The quantitative estimate of drug-likeness (QED) is 0.730. The normalized spacial score (nSPS) is 11.2. The fourth-order valence-electron chi connectivity index (χ4n) is 1.76. The number of carbonyl (C=O) groups excluding carboxylic acids is 1. The molecule has 0 radical (unpaired) electrons. The van der Waals surface area contributed by atoms with Crippen LogP contribution in [0.1, 0.15) is 10.4 Å². The van der Waals surface area contributed by atoms with Gasteiger partial charge in [0.2, 0.25) is 10.0 Å². The van der Waals surface area contributed by atoms with Gasteiger partial charge in [0.25, 0.3) is 5.91 Å². The number of rotatable bonds is 6. The monoisotopic (exact) mass is 400 g/mol. The molecular formula is C15H14BrFN2O3S. The van der Waals surface area contributed by atoms with Gasteiger partial charge < -0.3 is 5.32 Å². The molecule has 0 fully saturated rings. The Morgan fingerprint density at radius 3 is 2.22 bits per heavy atom. The smallest absolute Gasteiger partial charge is 0.251 e. The van der Waals surface area contributed by atoms with Crippen molar-refractivity contribution in [1.29, 1.82) is 0 Å². The standard InChI is InChI=1S/C15H14BrFN2O3S/c16-12-3-7-14(8-4-12)23(21,22)19-10-9-18-15(20)11-1-5-13(17)6-2-11/h1-8,19H,9-10H2,(H,18,20). The van der Waals surface area contributed by atoms with Gasteiger partial charge in [-0.05, 0) is 48.5 Å². The third kappa shape index (κ3) is 5.12. The molecule has 2 N–H and O–H groups in total. The van der Waals surface area contributed by atoms with Gasteiger partial charge in [0.05, 0.1) is 4.90 Å². The topological polar surface area (TPSA) is 75.3 Å². The Morgan fingerprint density at radius 2 is 1.61 bits per heavy atom. The molecule has 0 aliphatic heterocycles. The highest BCUT2D eigenvalue weighted by molar-refractivity contribution is 9.10. The van der Waals surface area contributed by atoms with Gasteiger partial charge in [-0.15, -0.1) is 0 Å². The molecule has 0 unspecified atom stereocenters. The molecule has 23 heavy (non-hydrogen) atoms. The number of carbonyl (C=O) groups is 1. The zero-order chi connectivity index (χ0) is 16.9. The van der Waals surface area contributed by atoms with Gasteiger partial charge in [0.1, 0.15) is 5.82 Å². The summed E-state index contributed by atoms with van der Waals surface area (Å²) < 4.78 is 40.0. The van der Waals surface area contributed by atoms with Crippen LogP contribution in [0.2, 0.25) is 0 Å². The van der Waals surface area contributed by atoms with Crippen LogP contribution < -0.4 is 10.0 Å². The van der Waals surface area contributed by atoms with E-state index < -0.39 is 21.7 Å². The van der Waals surface area contributed by atoms with Crippen LogP contribution >= 0.6 is 15.9 Å². The summed E-state index contributed by atoms with van der Waals surface area (Å²) in [5, 5.41) is 2.56. The van der Waals surface area contributed by atoms with Crippen LogP contribution in [0.5, 0.6) is 0 Å². The Bertz CT molecular complexity index is 777. The van der Waals surface area contributed by atoms with Crippen LogP contribution in [-0.2, 0) is 10.0 Å². The first kappa shape index (κ1) is 17.6. The van der Waals surface area contributed by atoms with E-state index in [4.69, 9.17) is 0 Å². The molecule has 0 heterocycles. The molecule has 0 spiro atoms. The van der Waals surface area contributed by atoms with Gasteiger partial charge >= 0.3 is 0 Å². The lowest BCUT2D eigenvalue weighted by Gasteiger charge is -2.08. The number of amides is 1. The van der Waals surface area contributed by atoms with Crippen molar-refractivity contribution in [2.24, 2.45) is 0 Å². The van der Waals surface area contributed by atoms with Gasteiger partial charge in [0, 0.05) is 23.1 Å². The zero-order valence-electron chi connectivity index (χ0n) is 11.9. The van der Waals surface area contributed by atoms with Crippen LogP contribution in [0.15, 0.2) is 57.9 Å². The molecule has 2 rings (SSSR count). The third-order valence-corrected chi connectivity index (χ3v) is 4.94. The van der Waals surface area contributed by atoms with Crippen molar-refractivity contribution in [3.8, 4) is 0 Å². The average molecular weight is 401 g/mol. The summed E-state index contributed by atoms with van der Waals surface area (Å²) in [6.07, 6.45) is 0. The first-order valence-corrected chi connectivity index (χ1v) is 8.95. The highest BCUT2D eigenvalue weighted by Crippen LogP contribution is 2.14. The van der Waals surface area contributed by atoms with Crippen LogP contribution in [-0.4, -0.2) is 27.4 Å². The number of hydrogen-bond acceptors (Lipinski definition) is 3. The van der Waals surface area contributed by atoms with E-state index in [1.54, 1.807) is 12.1 Å². The molecule has 0 aliphatic rings. The van der Waals surface area contributed by atoms with Crippen molar-refractivity contribution >= 4 is 31.9 Å². The SMILES string of the molecule is O=C(NCCNS(=O)(=O)c1ccc(Br)cc1)c1ccc(F)cc1. The van der Waals surface area contributed by atoms with Gasteiger partial charge in [-0.1, -0.05) is 15.9 Å². The molecular weight excluding hydrogens is 387 g/mol. The third-order valence-electron chi connectivity index (χ3n) is 2.93. The number of sulfonamides is 1. The average Bonchev–Trinajstić information content (AvgIpc) is 2.52. The molecule has 0 atom stereocenters. The molecule has 122 valence electrons. The Kier molecular flexibility index (Phi) is 5.86. The molecule has 5 nitrogen and oxygen atoms in total. The fraction of sp³-hybridized carbons (Fsp3) is 0.133. The minimum absolute atomic E-state index is 0.0470. The van der Waals surface area contributed by atoms with E-state index in [1.807, 2.05) is 0 Å². The number of hydrogen-bond donors (Lipinski definition) is 2. The van der Waals surface area contributed by atoms with Gasteiger partial charge in [0.15, 0.2) is 0 Å². The largest absolute Gasteiger partial charge is 0.351 e. The van der Waals surface area contributed by atoms with Crippen LogP contribution in [0.4, 0.5) is 4.39 Å². The summed E-state index contributed by atoms with van der Waals surface area (Å²) in [5.41, 5.74) is 0.308. The molecule has 1 amide bonds. The van der Waals surface area contributed by atoms with Crippen LogP contribution in [0.3, 0.4) is 0 Å². The Balaban J connectivity index is 1.83. The Labute approximate surface area is 142 Å². The number of halogens is 2. The summed E-state index contributed by atoms with van der Waals surface area (Å²) >= 11 is 3.23. The summed E-state index contributed by atoms with van der Waals surface area (Å²) in [5.74, 6) is -0.823. The molecule has 0 saturated carbocycles. The lowest BCUT2D eigenvalue weighted by Crippen LogP contribution is -2.34. The minimum Gasteiger partial charge on any atom is -0.351 e. The first-order chi connectivity index (χ1) is 10.9. The first-order valence-electron chi connectivity index (χ1n) is 6.67. The second-order valence-corrected chi connectivity index (χ2v) is 7.30. The van der Waals surface area contributed by atoms with Crippen molar-refractivity contribution < 1.29 is 17.6 Å². The molecule has 8 heteroatoms.